The van der Waals surface area contributed by atoms with Crippen molar-refractivity contribution in [3.63, 3.8) is 0 Å². The summed E-state index contributed by atoms with van der Waals surface area (Å²) in [6.45, 7) is 8.72. The summed E-state index contributed by atoms with van der Waals surface area (Å²) in [4.78, 5) is 24.3. The molecule has 1 heterocycles. The van der Waals surface area contributed by atoms with Crippen LogP contribution in [0.15, 0.2) is 23.8 Å². The standard InChI is InChI=1S/C14H21NO4/c1-5-18-12(16)8-6-7-11-9-15(10-11)13(17)19-14(2,3)4/h6-8H,5,9-10H2,1-4H3/b8-6+. The molecular formula is C14H21NO4. The molecule has 0 unspecified atom stereocenters. The van der Waals surface area contributed by atoms with E-state index in [4.69, 9.17) is 9.47 Å². The molecule has 0 bridgehead atoms. The van der Waals surface area contributed by atoms with Gasteiger partial charge in [0.2, 0.25) is 0 Å². The Labute approximate surface area is 113 Å². The molecule has 0 aliphatic carbocycles. The summed E-state index contributed by atoms with van der Waals surface area (Å²) in [5, 5.41) is 0. The molecule has 1 saturated heterocycles. The molecule has 0 aromatic rings. The zero-order valence-electron chi connectivity index (χ0n) is 11.9. The highest BCUT2D eigenvalue weighted by Crippen LogP contribution is 2.18. The van der Waals surface area contributed by atoms with E-state index in [2.05, 4.69) is 0 Å². The Kier molecular flexibility index (Phi) is 5.15. The quantitative estimate of drug-likeness (QED) is 0.581. The second-order valence-corrected chi connectivity index (χ2v) is 5.27. The van der Waals surface area contributed by atoms with E-state index in [1.165, 1.54) is 6.08 Å². The molecule has 106 valence electrons. The molecule has 19 heavy (non-hydrogen) atoms. The molecule has 1 aliphatic heterocycles. The minimum Gasteiger partial charge on any atom is -0.463 e. The maximum atomic E-state index is 11.6. The third kappa shape index (κ3) is 5.59. The van der Waals surface area contributed by atoms with Crippen LogP contribution in [0.5, 0.6) is 0 Å². The van der Waals surface area contributed by atoms with Crippen LogP contribution in [0.1, 0.15) is 27.7 Å². The summed E-state index contributed by atoms with van der Waals surface area (Å²) in [5.41, 5.74) is 0.604. The SMILES string of the molecule is CCOC(=O)/C=C/C=C1CN(C(=O)OC(C)(C)C)C1. The summed E-state index contributed by atoms with van der Waals surface area (Å²) < 4.78 is 9.98. The van der Waals surface area contributed by atoms with Crippen molar-refractivity contribution in [3.8, 4) is 0 Å². The Balaban J connectivity index is 2.33. The number of allylic oxidation sites excluding steroid dienone is 2. The van der Waals surface area contributed by atoms with E-state index in [0.717, 1.165) is 5.57 Å². The van der Waals surface area contributed by atoms with Crippen LogP contribution < -0.4 is 0 Å². The summed E-state index contributed by atoms with van der Waals surface area (Å²) in [7, 11) is 0. The first kappa shape index (κ1) is 15.3. The Morgan fingerprint density at radius 3 is 2.47 bits per heavy atom. The minimum absolute atomic E-state index is 0.306. The number of carbonyl (C=O) groups is 2. The van der Waals surface area contributed by atoms with Crippen LogP contribution in [-0.2, 0) is 14.3 Å². The third-order valence-electron chi connectivity index (χ3n) is 2.29. The first-order valence-corrected chi connectivity index (χ1v) is 6.32. The lowest BCUT2D eigenvalue weighted by molar-refractivity contribution is -0.137. The van der Waals surface area contributed by atoms with Crippen LogP contribution in [0, 0.1) is 0 Å². The number of nitrogens with zero attached hydrogens (tertiary/aromatic N) is 1. The van der Waals surface area contributed by atoms with Gasteiger partial charge in [0.05, 0.1) is 6.61 Å². The van der Waals surface area contributed by atoms with E-state index in [1.54, 1.807) is 17.9 Å². The minimum atomic E-state index is -0.472. The number of carbonyl (C=O) groups excluding carboxylic acids is 2. The van der Waals surface area contributed by atoms with Gasteiger partial charge in [-0.05, 0) is 33.3 Å². The molecule has 0 spiro atoms. The number of hydrogen-bond acceptors (Lipinski definition) is 4. The number of rotatable bonds is 3. The van der Waals surface area contributed by atoms with E-state index in [-0.39, 0.29) is 12.1 Å². The number of amides is 1. The van der Waals surface area contributed by atoms with Crippen molar-refractivity contribution in [2.24, 2.45) is 0 Å². The van der Waals surface area contributed by atoms with Gasteiger partial charge in [-0.15, -0.1) is 0 Å². The van der Waals surface area contributed by atoms with Crippen molar-refractivity contribution in [2.45, 2.75) is 33.3 Å². The highest BCUT2D eigenvalue weighted by molar-refractivity contribution is 5.82. The van der Waals surface area contributed by atoms with Gasteiger partial charge in [0, 0.05) is 19.2 Å². The van der Waals surface area contributed by atoms with Crippen molar-refractivity contribution in [2.75, 3.05) is 19.7 Å². The monoisotopic (exact) mass is 267 g/mol. The molecule has 0 radical (unpaired) electrons. The number of hydrogen-bond donors (Lipinski definition) is 0. The first-order valence-electron chi connectivity index (χ1n) is 6.32. The molecular weight excluding hydrogens is 246 g/mol. The molecule has 0 saturated carbocycles. The molecule has 1 fully saturated rings. The van der Waals surface area contributed by atoms with E-state index in [0.29, 0.717) is 19.7 Å². The maximum Gasteiger partial charge on any atom is 0.410 e. The lowest BCUT2D eigenvalue weighted by atomic mass is 10.1. The molecule has 5 heteroatoms. The lowest BCUT2D eigenvalue weighted by Crippen LogP contribution is -2.46. The molecule has 1 rings (SSSR count). The van der Waals surface area contributed by atoms with Crippen LogP contribution in [0.25, 0.3) is 0 Å². The van der Waals surface area contributed by atoms with Crippen LogP contribution in [0.2, 0.25) is 0 Å². The molecule has 1 aliphatic rings. The van der Waals surface area contributed by atoms with Crippen molar-refractivity contribution in [3.05, 3.63) is 23.8 Å². The van der Waals surface area contributed by atoms with Crippen LogP contribution in [-0.4, -0.2) is 42.3 Å². The average molecular weight is 267 g/mol. The predicted octanol–water partition coefficient (Wildman–Crippen LogP) is 2.28. The van der Waals surface area contributed by atoms with Crippen molar-refractivity contribution in [1.29, 1.82) is 0 Å². The zero-order chi connectivity index (χ0) is 14.5. The maximum absolute atomic E-state index is 11.6. The first-order chi connectivity index (χ1) is 8.81. The van der Waals surface area contributed by atoms with Gasteiger partial charge >= 0.3 is 12.1 Å². The van der Waals surface area contributed by atoms with Gasteiger partial charge in [-0.3, -0.25) is 0 Å². The van der Waals surface area contributed by atoms with Gasteiger partial charge < -0.3 is 14.4 Å². The third-order valence-corrected chi connectivity index (χ3v) is 2.29. The van der Waals surface area contributed by atoms with Crippen LogP contribution in [0.4, 0.5) is 4.79 Å². The summed E-state index contributed by atoms with van der Waals surface area (Å²) >= 11 is 0. The van der Waals surface area contributed by atoms with Gasteiger partial charge in [0.1, 0.15) is 5.60 Å². The molecule has 5 nitrogen and oxygen atoms in total. The van der Waals surface area contributed by atoms with Crippen molar-refractivity contribution < 1.29 is 19.1 Å². The van der Waals surface area contributed by atoms with Crippen molar-refractivity contribution >= 4 is 12.1 Å². The van der Waals surface area contributed by atoms with E-state index in [9.17, 15) is 9.59 Å². The second-order valence-electron chi connectivity index (χ2n) is 5.27. The van der Waals surface area contributed by atoms with Gasteiger partial charge in [-0.1, -0.05) is 12.2 Å². The average Bonchev–Trinajstić information content (AvgIpc) is 2.18. The lowest BCUT2D eigenvalue weighted by Gasteiger charge is -2.35. The topological polar surface area (TPSA) is 55.8 Å². The fraction of sp³-hybridized carbons (Fsp3) is 0.571. The van der Waals surface area contributed by atoms with E-state index < -0.39 is 5.60 Å². The van der Waals surface area contributed by atoms with E-state index in [1.807, 2.05) is 26.8 Å². The number of ether oxygens (including phenoxy) is 2. The highest BCUT2D eigenvalue weighted by Gasteiger charge is 2.28. The van der Waals surface area contributed by atoms with Gasteiger partial charge in [0.15, 0.2) is 0 Å². The van der Waals surface area contributed by atoms with Gasteiger partial charge in [-0.25, -0.2) is 9.59 Å². The highest BCUT2D eigenvalue weighted by atomic mass is 16.6. The molecule has 1 amide bonds. The smallest absolute Gasteiger partial charge is 0.410 e. The van der Waals surface area contributed by atoms with Gasteiger partial charge in [0.25, 0.3) is 0 Å². The summed E-state index contributed by atoms with van der Waals surface area (Å²) in [5.74, 6) is -0.359. The molecule has 0 aromatic carbocycles. The van der Waals surface area contributed by atoms with E-state index >= 15 is 0 Å². The summed E-state index contributed by atoms with van der Waals surface area (Å²) in [6.07, 6.45) is 4.52. The zero-order valence-corrected chi connectivity index (χ0v) is 11.9. The molecule has 0 N–H and O–H groups in total. The fourth-order valence-corrected chi connectivity index (χ4v) is 1.46. The van der Waals surface area contributed by atoms with Crippen LogP contribution >= 0.6 is 0 Å². The Morgan fingerprint density at radius 2 is 1.95 bits per heavy atom. The van der Waals surface area contributed by atoms with Crippen molar-refractivity contribution in [1.82, 2.24) is 4.90 Å². The molecule has 0 aromatic heterocycles. The normalized spacial score (nSPS) is 15.2. The Bertz CT molecular complexity index is 396. The summed E-state index contributed by atoms with van der Waals surface area (Å²) in [6, 6.07) is 0. The van der Waals surface area contributed by atoms with Crippen LogP contribution in [0.3, 0.4) is 0 Å². The largest absolute Gasteiger partial charge is 0.463 e. The Hall–Kier alpha value is -1.78. The number of esters is 1. The number of likely N-dealkylation sites (tertiary alicyclic amines) is 1. The fourth-order valence-electron chi connectivity index (χ4n) is 1.46. The Morgan fingerprint density at radius 1 is 1.32 bits per heavy atom. The second kappa shape index (κ2) is 6.41. The predicted molar refractivity (Wildman–Crippen MR) is 71.7 cm³/mol. The molecule has 0 atom stereocenters. The van der Waals surface area contributed by atoms with Gasteiger partial charge in [-0.2, -0.15) is 0 Å².